The molecule has 3 aromatic carbocycles. The standard InChI is InChI=1S/C25H27N/c1-4-19-26(24-15-7-21(3)8-16-24)25-17-13-23(14-18-25)12-11-22-9-5-20(2)6-10-22/h5-18H,4,19H2,1-3H3/b12-11+. The van der Waals surface area contributed by atoms with Gasteiger partial charge in [0.05, 0.1) is 0 Å². The number of rotatable bonds is 6. The van der Waals surface area contributed by atoms with Gasteiger partial charge in [0, 0.05) is 17.9 Å². The van der Waals surface area contributed by atoms with E-state index in [9.17, 15) is 0 Å². The molecule has 0 saturated heterocycles. The van der Waals surface area contributed by atoms with E-state index in [1.165, 1.54) is 33.6 Å². The number of benzene rings is 3. The van der Waals surface area contributed by atoms with E-state index in [0.717, 1.165) is 13.0 Å². The maximum Gasteiger partial charge on any atom is 0.0411 e. The quantitative estimate of drug-likeness (QED) is 0.435. The number of hydrogen-bond donors (Lipinski definition) is 0. The monoisotopic (exact) mass is 341 g/mol. The summed E-state index contributed by atoms with van der Waals surface area (Å²) in [7, 11) is 0. The van der Waals surface area contributed by atoms with Crippen LogP contribution in [0.15, 0.2) is 72.8 Å². The number of nitrogens with zero attached hydrogens (tertiary/aromatic N) is 1. The smallest absolute Gasteiger partial charge is 0.0411 e. The molecule has 0 saturated carbocycles. The van der Waals surface area contributed by atoms with Crippen LogP contribution in [0, 0.1) is 13.8 Å². The summed E-state index contributed by atoms with van der Waals surface area (Å²) >= 11 is 0. The molecule has 0 fully saturated rings. The lowest BCUT2D eigenvalue weighted by molar-refractivity contribution is 0.885. The molecule has 0 aliphatic rings. The van der Waals surface area contributed by atoms with Crippen LogP contribution in [0.25, 0.3) is 12.2 Å². The Bertz CT molecular complexity index is 840. The van der Waals surface area contributed by atoms with Gasteiger partial charge in [-0.05, 0) is 55.7 Å². The molecule has 0 heterocycles. The van der Waals surface area contributed by atoms with Gasteiger partial charge in [0.2, 0.25) is 0 Å². The first-order valence-corrected chi connectivity index (χ1v) is 9.35. The van der Waals surface area contributed by atoms with E-state index in [-0.39, 0.29) is 0 Å². The molecule has 0 bridgehead atoms. The lowest BCUT2D eigenvalue weighted by Crippen LogP contribution is -2.17. The molecule has 0 amide bonds. The fraction of sp³-hybridized carbons (Fsp3) is 0.200. The molecule has 3 rings (SSSR count). The number of hydrogen-bond acceptors (Lipinski definition) is 1. The second kappa shape index (κ2) is 8.53. The zero-order valence-electron chi connectivity index (χ0n) is 15.9. The Labute approximate surface area is 157 Å². The highest BCUT2D eigenvalue weighted by molar-refractivity contribution is 5.72. The van der Waals surface area contributed by atoms with Crippen LogP contribution in [-0.4, -0.2) is 6.54 Å². The van der Waals surface area contributed by atoms with Crippen LogP contribution in [0.1, 0.15) is 35.6 Å². The first-order chi connectivity index (χ1) is 12.7. The summed E-state index contributed by atoms with van der Waals surface area (Å²) in [6.45, 7) is 7.48. The molecule has 0 spiro atoms. The van der Waals surface area contributed by atoms with E-state index in [2.05, 4.69) is 111 Å². The van der Waals surface area contributed by atoms with Gasteiger partial charge in [0.1, 0.15) is 0 Å². The van der Waals surface area contributed by atoms with Gasteiger partial charge in [0.25, 0.3) is 0 Å². The zero-order chi connectivity index (χ0) is 18.4. The maximum absolute atomic E-state index is 2.38. The SMILES string of the molecule is CCCN(c1ccc(C)cc1)c1ccc(/C=C/c2ccc(C)cc2)cc1. The predicted octanol–water partition coefficient (Wildman–Crippen LogP) is 7.02. The lowest BCUT2D eigenvalue weighted by atomic mass is 10.1. The molecule has 0 radical (unpaired) electrons. The van der Waals surface area contributed by atoms with Crippen molar-refractivity contribution in [3.8, 4) is 0 Å². The Morgan fingerprint density at radius 3 is 1.46 bits per heavy atom. The Kier molecular flexibility index (Phi) is 5.91. The highest BCUT2D eigenvalue weighted by atomic mass is 15.1. The highest BCUT2D eigenvalue weighted by Gasteiger charge is 2.07. The van der Waals surface area contributed by atoms with E-state index in [0.29, 0.717) is 0 Å². The third-order valence-corrected chi connectivity index (χ3v) is 4.54. The molecule has 0 atom stereocenters. The van der Waals surface area contributed by atoms with Gasteiger partial charge in [-0.1, -0.05) is 78.7 Å². The van der Waals surface area contributed by atoms with Gasteiger partial charge < -0.3 is 4.90 Å². The molecule has 1 heteroatoms. The minimum absolute atomic E-state index is 1.02. The van der Waals surface area contributed by atoms with Crippen molar-refractivity contribution in [1.82, 2.24) is 0 Å². The molecule has 1 nitrogen and oxygen atoms in total. The minimum Gasteiger partial charge on any atom is -0.342 e. The molecule has 26 heavy (non-hydrogen) atoms. The Morgan fingerprint density at radius 2 is 1.00 bits per heavy atom. The van der Waals surface area contributed by atoms with Gasteiger partial charge in [-0.3, -0.25) is 0 Å². The van der Waals surface area contributed by atoms with E-state index < -0.39 is 0 Å². The normalized spacial score (nSPS) is 11.0. The van der Waals surface area contributed by atoms with Crippen molar-refractivity contribution in [2.75, 3.05) is 11.4 Å². The molecule has 3 aromatic rings. The molecular formula is C25H27N. The average molecular weight is 341 g/mol. The molecule has 0 aliphatic carbocycles. The van der Waals surface area contributed by atoms with Crippen molar-refractivity contribution in [1.29, 1.82) is 0 Å². The molecule has 0 N–H and O–H groups in total. The second-order valence-corrected chi connectivity index (χ2v) is 6.82. The van der Waals surface area contributed by atoms with Crippen LogP contribution in [0.5, 0.6) is 0 Å². The van der Waals surface area contributed by atoms with Gasteiger partial charge in [-0.15, -0.1) is 0 Å². The van der Waals surface area contributed by atoms with Crippen LogP contribution in [-0.2, 0) is 0 Å². The third kappa shape index (κ3) is 4.64. The van der Waals surface area contributed by atoms with Crippen molar-refractivity contribution < 1.29 is 0 Å². The Morgan fingerprint density at radius 1 is 0.615 bits per heavy atom. The summed E-state index contributed by atoms with van der Waals surface area (Å²) < 4.78 is 0. The lowest BCUT2D eigenvalue weighted by Gasteiger charge is -2.25. The number of aryl methyl sites for hydroxylation is 2. The van der Waals surface area contributed by atoms with Crippen LogP contribution in [0.4, 0.5) is 11.4 Å². The molecular weight excluding hydrogens is 314 g/mol. The highest BCUT2D eigenvalue weighted by Crippen LogP contribution is 2.26. The predicted molar refractivity (Wildman–Crippen MR) is 115 cm³/mol. The summed E-state index contributed by atoms with van der Waals surface area (Å²) in [6.07, 6.45) is 5.45. The van der Waals surface area contributed by atoms with Crippen molar-refractivity contribution in [3.05, 3.63) is 95.1 Å². The first kappa shape index (κ1) is 18.0. The fourth-order valence-electron chi connectivity index (χ4n) is 2.99. The van der Waals surface area contributed by atoms with E-state index in [1.807, 2.05) is 0 Å². The molecule has 0 aromatic heterocycles. The van der Waals surface area contributed by atoms with Crippen molar-refractivity contribution in [2.24, 2.45) is 0 Å². The Balaban J connectivity index is 1.78. The minimum atomic E-state index is 1.02. The fourth-order valence-corrected chi connectivity index (χ4v) is 2.99. The van der Waals surface area contributed by atoms with E-state index in [1.54, 1.807) is 0 Å². The topological polar surface area (TPSA) is 3.24 Å². The summed E-state index contributed by atoms with van der Waals surface area (Å²) in [6, 6.07) is 26.2. The summed E-state index contributed by atoms with van der Waals surface area (Å²) in [4.78, 5) is 2.38. The van der Waals surface area contributed by atoms with E-state index >= 15 is 0 Å². The summed E-state index contributed by atoms with van der Waals surface area (Å²) in [5, 5.41) is 0. The summed E-state index contributed by atoms with van der Waals surface area (Å²) in [5.41, 5.74) is 7.52. The summed E-state index contributed by atoms with van der Waals surface area (Å²) in [5.74, 6) is 0. The second-order valence-electron chi connectivity index (χ2n) is 6.82. The van der Waals surface area contributed by atoms with Gasteiger partial charge in [-0.2, -0.15) is 0 Å². The van der Waals surface area contributed by atoms with Gasteiger partial charge in [0.15, 0.2) is 0 Å². The number of anilines is 2. The van der Waals surface area contributed by atoms with Crippen molar-refractivity contribution in [3.63, 3.8) is 0 Å². The van der Waals surface area contributed by atoms with E-state index in [4.69, 9.17) is 0 Å². The van der Waals surface area contributed by atoms with Crippen LogP contribution in [0.2, 0.25) is 0 Å². The van der Waals surface area contributed by atoms with Crippen LogP contribution < -0.4 is 4.90 Å². The first-order valence-electron chi connectivity index (χ1n) is 9.35. The van der Waals surface area contributed by atoms with Gasteiger partial charge >= 0.3 is 0 Å². The van der Waals surface area contributed by atoms with Crippen LogP contribution >= 0.6 is 0 Å². The van der Waals surface area contributed by atoms with Crippen molar-refractivity contribution >= 4 is 23.5 Å². The zero-order valence-corrected chi connectivity index (χ0v) is 15.9. The van der Waals surface area contributed by atoms with Crippen LogP contribution in [0.3, 0.4) is 0 Å². The Hall–Kier alpha value is -2.80. The molecule has 132 valence electrons. The molecule has 0 unspecified atom stereocenters. The maximum atomic E-state index is 2.38. The third-order valence-electron chi connectivity index (χ3n) is 4.54. The average Bonchev–Trinajstić information content (AvgIpc) is 2.67. The molecule has 0 aliphatic heterocycles. The van der Waals surface area contributed by atoms with Gasteiger partial charge in [-0.25, -0.2) is 0 Å². The largest absolute Gasteiger partial charge is 0.342 e. The van der Waals surface area contributed by atoms with Crippen molar-refractivity contribution in [2.45, 2.75) is 27.2 Å².